The molecular formula is C11H13O4-. The van der Waals surface area contributed by atoms with Crippen molar-refractivity contribution < 1.29 is 19.4 Å². The zero-order chi connectivity index (χ0) is 11.3. The minimum Gasteiger partial charge on any atom is -0.546 e. The van der Waals surface area contributed by atoms with Gasteiger partial charge in [-0.1, -0.05) is 13.0 Å². The first-order valence-electron chi connectivity index (χ1n) is 4.69. The number of ether oxygens (including phenoxy) is 2. The maximum atomic E-state index is 10.6. The van der Waals surface area contributed by atoms with E-state index in [0.29, 0.717) is 17.9 Å². The van der Waals surface area contributed by atoms with E-state index in [-0.39, 0.29) is 0 Å². The third kappa shape index (κ3) is 3.16. The molecule has 0 spiro atoms. The third-order valence-corrected chi connectivity index (χ3v) is 1.95. The molecule has 1 rings (SSSR count). The van der Waals surface area contributed by atoms with Gasteiger partial charge in [0.15, 0.2) is 0 Å². The summed E-state index contributed by atoms with van der Waals surface area (Å²) < 4.78 is 10.2. The van der Waals surface area contributed by atoms with Gasteiger partial charge in [-0.25, -0.2) is 0 Å². The number of hydrogen-bond acceptors (Lipinski definition) is 4. The number of carboxylic acids is 1. The summed E-state index contributed by atoms with van der Waals surface area (Å²) in [6.45, 7) is 1.72. The van der Waals surface area contributed by atoms with E-state index in [1.54, 1.807) is 31.2 Å². The van der Waals surface area contributed by atoms with E-state index >= 15 is 0 Å². The molecule has 15 heavy (non-hydrogen) atoms. The molecular weight excluding hydrogens is 196 g/mol. The fourth-order valence-corrected chi connectivity index (χ4v) is 1.14. The van der Waals surface area contributed by atoms with Crippen LogP contribution >= 0.6 is 0 Å². The van der Waals surface area contributed by atoms with Gasteiger partial charge in [0.2, 0.25) is 0 Å². The zero-order valence-electron chi connectivity index (χ0n) is 8.73. The van der Waals surface area contributed by atoms with E-state index in [1.165, 1.54) is 7.11 Å². The molecule has 0 aliphatic carbocycles. The molecule has 82 valence electrons. The third-order valence-electron chi connectivity index (χ3n) is 1.95. The summed E-state index contributed by atoms with van der Waals surface area (Å²) in [5.74, 6) is -0.119. The quantitative estimate of drug-likeness (QED) is 0.712. The van der Waals surface area contributed by atoms with Gasteiger partial charge in [0.1, 0.15) is 17.6 Å². The maximum absolute atomic E-state index is 10.6. The van der Waals surface area contributed by atoms with Crippen LogP contribution in [0.1, 0.15) is 13.3 Å². The number of methoxy groups -OCH3 is 1. The van der Waals surface area contributed by atoms with Crippen LogP contribution in [0.15, 0.2) is 24.3 Å². The fraction of sp³-hybridized carbons (Fsp3) is 0.364. The summed E-state index contributed by atoms with van der Waals surface area (Å²) in [6, 6.07) is 6.79. The largest absolute Gasteiger partial charge is 0.546 e. The highest BCUT2D eigenvalue weighted by molar-refractivity contribution is 5.70. The number of benzene rings is 1. The van der Waals surface area contributed by atoms with Gasteiger partial charge in [-0.15, -0.1) is 0 Å². The number of aliphatic carboxylic acids is 1. The van der Waals surface area contributed by atoms with Crippen LogP contribution in [-0.2, 0) is 4.79 Å². The standard InChI is InChI=1S/C11H14O4/c1-3-10(11(12)13)15-9-6-4-5-8(7-9)14-2/h4-7,10H,3H2,1-2H3,(H,12,13)/p-1/t10-/m1/s1. The van der Waals surface area contributed by atoms with Crippen LogP contribution in [0.5, 0.6) is 11.5 Å². The second kappa shape index (κ2) is 5.24. The summed E-state index contributed by atoms with van der Waals surface area (Å²) in [5.41, 5.74) is 0. The molecule has 4 heteroatoms. The van der Waals surface area contributed by atoms with Crippen LogP contribution < -0.4 is 14.6 Å². The fourth-order valence-electron chi connectivity index (χ4n) is 1.14. The lowest BCUT2D eigenvalue weighted by atomic mass is 10.2. The highest BCUT2D eigenvalue weighted by atomic mass is 16.5. The summed E-state index contributed by atoms with van der Waals surface area (Å²) in [5, 5.41) is 10.6. The second-order valence-corrected chi connectivity index (χ2v) is 3.01. The first-order valence-corrected chi connectivity index (χ1v) is 4.69. The molecule has 0 radical (unpaired) electrons. The number of hydrogen-bond donors (Lipinski definition) is 0. The predicted octanol–water partition coefficient (Wildman–Crippen LogP) is 0.602. The minimum absolute atomic E-state index is 0.361. The second-order valence-electron chi connectivity index (χ2n) is 3.01. The van der Waals surface area contributed by atoms with Crippen molar-refractivity contribution in [3.05, 3.63) is 24.3 Å². The van der Waals surface area contributed by atoms with Gasteiger partial charge in [-0.05, 0) is 18.6 Å². The van der Waals surface area contributed by atoms with Gasteiger partial charge in [0, 0.05) is 6.07 Å². The molecule has 1 aromatic carbocycles. The van der Waals surface area contributed by atoms with E-state index in [1.807, 2.05) is 0 Å². The summed E-state index contributed by atoms with van der Waals surface area (Å²) >= 11 is 0. The lowest BCUT2D eigenvalue weighted by molar-refractivity contribution is -0.313. The maximum Gasteiger partial charge on any atom is 0.138 e. The SMILES string of the molecule is CC[C@@H](Oc1cccc(OC)c1)C(=O)[O-]. The van der Waals surface area contributed by atoms with Gasteiger partial charge in [0.05, 0.1) is 13.1 Å². The first kappa shape index (κ1) is 11.4. The number of carbonyl (C=O) groups excluding carboxylic acids is 1. The first-order chi connectivity index (χ1) is 7.17. The summed E-state index contributed by atoms with van der Waals surface area (Å²) in [6.07, 6.45) is -0.559. The average molecular weight is 209 g/mol. The molecule has 1 aromatic rings. The predicted molar refractivity (Wildman–Crippen MR) is 52.7 cm³/mol. The van der Waals surface area contributed by atoms with E-state index in [2.05, 4.69) is 0 Å². The smallest absolute Gasteiger partial charge is 0.138 e. The van der Waals surface area contributed by atoms with Crippen molar-refractivity contribution in [1.29, 1.82) is 0 Å². The van der Waals surface area contributed by atoms with Crippen molar-refractivity contribution >= 4 is 5.97 Å². The van der Waals surface area contributed by atoms with Crippen molar-refractivity contribution in [2.24, 2.45) is 0 Å². The molecule has 0 amide bonds. The van der Waals surface area contributed by atoms with Crippen LogP contribution in [0.25, 0.3) is 0 Å². The van der Waals surface area contributed by atoms with E-state index in [0.717, 1.165) is 0 Å². The molecule has 1 atom stereocenters. The Labute approximate surface area is 88.4 Å². The number of carboxylic acid groups (broad SMARTS) is 1. The Kier molecular flexibility index (Phi) is 3.97. The van der Waals surface area contributed by atoms with Gasteiger partial charge in [-0.3, -0.25) is 0 Å². The highest BCUT2D eigenvalue weighted by Crippen LogP contribution is 2.20. The van der Waals surface area contributed by atoms with Crippen LogP contribution in [0.4, 0.5) is 0 Å². The van der Waals surface area contributed by atoms with Crippen molar-refractivity contribution in [2.45, 2.75) is 19.4 Å². The Bertz CT molecular complexity index is 335. The molecule has 0 heterocycles. The van der Waals surface area contributed by atoms with Crippen molar-refractivity contribution in [2.75, 3.05) is 7.11 Å². The Morgan fingerprint density at radius 3 is 2.67 bits per heavy atom. The van der Waals surface area contributed by atoms with Crippen LogP contribution in [-0.4, -0.2) is 19.2 Å². The van der Waals surface area contributed by atoms with E-state index < -0.39 is 12.1 Å². The highest BCUT2D eigenvalue weighted by Gasteiger charge is 2.09. The summed E-state index contributed by atoms with van der Waals surface area (Å²) in [4.78, 5) is 10.6. The topological polar surface area (TPSA) is 58.6 Å². The molecule has 4 nitrogen and oxygen atoms in total. The average Bonchev–Trinajstić information content (AvgIpc) is 2.25. The van der Waals surface area contributed by atoms with Crippen LogP contribution in [0.3, 0.4) is 0 Å². The van der Waals surface area contributed by atoms with Crippen LogP contribution in [0.2, 0.25) is 0 Å². The lowest BCUT2D eigenvalue weighted by Crippen LogP contribution is -2.39. The Balaban J connectivity index is 2.74. The molecule has 0 unspecified atom stereocenters. The minimum atomic E-state index is -1.21. The van der Waals surface area contributed by atoms with E-state index in [9.17, 15) is 9.90 Å². The number of rotatable bonds is 5. The molecule has 0 saturated heterocycles. The van der Waals surface area contributed by atoms with Crippen molar-refractivity contribution in [3.8, 4) is 11.5 Å². The lowest BCUT2D eigenvalue weighted by Gasteiger charge is -2.18. The van der Waals surface area contributed by atoms with E-state index in [4.69, 9.17) is 9.47 Å². The molecule has 0 bridgehead atoms. The molecule has 0 fully saturated rings. The Hall–Kier alpha value is -1.71. The molecule has 0 saturated carbocycles. The zero-order valence-corrected chi connectivity index (χ0v) is 8.73. The van der Waals surface area contributed by atoms with Gasteiger partial charge in [-0.2, -0.15) is 0 Å². The molecule has 0 N–H and O–H groups in total. The van der Waals surface area contributed by atoms with Gasteiger partial charge < -0.3 is 19.4 Å². The van der Waals surface area contributed by atoms with Crippen molar-refractivity contribution in [1.82, 2.24) is 0 Å². The van der Waals surface area contributed by atoms with Gasteiger partial charge in [0.25, 0.3) is 0 Å². The molecule has 0 aliphatic rings. The molecule has 0 aromatic heterocycles. The van der Waals surface area contributed by atoms with Gasteiger partial charge >= 0.3 is 0 Å². The summed E-state index contributed by atoms with van der Waals surface area (Å²) in [7, 11) is 1.54. The normalized spacial score (nSPS) is 11.9. The van der Waals surface area contributed by atoms with Crippen molar-refractivity contribution in [3.63, 3.8) is 0 Å². The Morgan fingerprint density at radius 2 is 2.13 bits per heavy atom. The monoisotopic (exact) mass is 209 g/mol. The molecule has 0 aliphatic heterocycles. The van der Waals surface area contributed by atoms with Crippen LogP contribution in [0, 0.1) is 0 Å². The number of carbonyl (C=O) groups is 1. The Morgan fingerprint density at radius 1 is 1.47 bits per heavy atom.